The molecule has 0 unspecified atom stereocenters. The van der Waals surface area contributed by atoms with Crippen LogP contribution < -0.4 is 5.32 Å². The molecular formula is C23H27FN2O4. The number of rotatable bonds is 7. The number of piperidine rings is 1. The van der Waals surface area contributed by atoms with E-state index >= 15 is 0 Å². The molecule has 0 radical (unpaired) electrons. The van der Waals surface area contributed by atoms with Gasteiger partial charge >= 0.3 is 0 Å². The molecule has 1 aliphatic heterocycles. The van der Waals surface area contributed by atoms with Crippen molar-refractivity contribution in [3.63, 3.8) is 0 Å². The first-order valence-corrected chi connectivity index (χ1v) is 9.83. The molecule has 0 aliphatic carbocycles. The van der Waals surface area contributed by atoms with Crippen LogP contribution in [0, 0.1) is 11.7 Å². The highest BCUT2D eigenvalue weighted by Crippen LogP contribution is 2.15. The first kappa shape index (κ1) is 23.2. The first-order chi connectivity index (χ1) is 14.5. The summed E-state index contributed by atoms with van der Waals surface area (Å²) in [5, 5.41) is 2.68. The van der Waals surface area contributed by atoms with E-state index in [1.807, 2.05) is 37.4 Å². The van der Waals surface area contributed by atoms with Crippen molar-refractivity contribution in [2.45, 2.75) is 19.4 Å². The average molecular weight is 414 g/mol. The predicted octanol–water partition coefficient (Wildman–Crippen LogP) is 2.83. The summed E-state index contributed by atoms with van der Waals surface area (Å²) >= 11 is 0. The lowest BCUT2D eigenvalue weighted by atomic mass is 9.96. The Balaban J connectivity index is 0.000000269. The van der Waals surface area contributed by atoms with E-state index in [4.69, 9.17) is 0 Å². The third kappa shape index (κ3) is 8.13. The van der Waals surface area contributed by atoms with Gasteiger partial charge in [0.2, 0.25) is 5.91 Å². The van der Waals surface area contributed by atoms with E-state index in [1.54, 1.807) is 0 Å². The standard InChI is InChI=1S/C15H19FN2O2.C8H8O2/c1-18-8-6-12(7-9-18)15(20)17-10-14(19)11-2-4-13(16)5-3-11;9-7-10-6-8-4-2-1-3-5-8/h2-5,12H,6-10H2,1H3,(H,17,20);1-5,7H,6H2. The van der Waals surface area contributed by atoms with Crippen LogP contribution in [0.2, 0.25) is 0 Å². The molecule has 1 N–H and O–H groups in total. The summed E-state index contributed by atoms with van der Waals surface area (Å²) in [6.45, 7) is 2.60. The fraction of sp³-hybridized carbons (Fsp3) is 0.348. The van der Waals surface area contributed by atoms with Gasteiger partial charge in [0, 0.05) is 11.5 Å². The summed E-state index contributed by atoms with van der Waals surface area (Å²) < 4.78 is 17.3. The molecule has 1 saturated heterocycles. The largest absolute Gasteiger partial charge is 0.463 e. The smallest absolute Gasteiger partial charge is 0.293 e. The van der Waals surface area contributed by atoms with Crippen LogP contribution in [-0.2, 0) is 20.9 Å². The Labute approximate surface area is 176 Å². The number of ketones is 1. The maximum atomic E-state index is 12.8. The number of carbonyl (C=O) groups is 3. The van der Waals surface area contributed by atoms with Crippen molar-refractivity contribution in [2.75, 3.05) is 26.7 Å². The Morgan fingerprint density at radius 3 is 2.33 bits per heavy atom. The van der Waals surface area contributed by atoms with Crippen molar-refractivity contribution in [2.24, 2.45) is 5.92 Å². The second-order valence-corrected chi connectivity index (χ2v) is 7.12. The molecule has 30 heavy (non-hydrogen) atoms. The van der Waals surface area contributed by atoms with Crippen LogP contribution in [0.5, 0.6) is 0 Å². The van der Waals surface area contributed by atoms with Crippen LogP contribution in [0.3, 0.4) is 0 Å². The van der Waals surface area contributed by atoms with E-state index in [1.165, 1.54) is 24.3 Å². The highest BCUT2D eigenvalue weighted by atomic mass is 19.1. The van der Waals surface area contributed by atoms with E-state index in [0.717, 1.165) is 31.5 Å². The van der Waals surface area contributed by atoms with Gasteiger partial charge in [0.05, 0.1) is 6.54 Å². The number of nitrogens with zero attached hydrogens (tertiary/aromatic N) is 1. The number of hydrogen-bond donors (Lipinski definition) is 1. The molecular weight excluding hydrogens is 387 g/mol. The monoisotopic (exact) mass is 414 g/mol. The number of carbonyl (C=O) groups excluding carboxylic acids is 3. The van der Waals surface area contributed by atoms with Crippen molar-refractivity contribution >= 4 is 18.2 Å². The number of Topliss-reactive ketones (excluding diaryl/α,β-unsaturated/α-hetero) is 1. The molecule has 0 atom stereocenters. The topological polar surface area (TPSA) is 75.7 Å². The molecule has 2 aromatic carbocycles. The molecule has 7 heteroatoms. The lowest BCUT2D eigenvalue weighted by Crippen LogP contribution is -2.40. The summed E-state index contributed by atoms with van der Waals surface area (Å²) in [6.07, 6.45) is 1.65. The molecule has 1 amide bonds. The maximum Gasteiger partial charge on any atom is 0.293 e. The van der Waals surface area contributed by atoms with Gasteiger partial charge in [-0.3, -0.25) is 14.4 Å². The van der Waals surface area contributed by atoms with Crippen molar-refractivity contribution in [3.05, 3.63) is 71.5 Å². The molecule has 2 aromatic rings. The van der Waals surface area contributed by atoms with E-state index in [2.05, 4.69) is 15.0 Å². The Kier molecular flexibility index (Phi) is 9.67. The summed E-state index contributed by atoms with van der Waals surface area (Å²) in [5.74, 6) is -0.649. The van der Waals surface area contributed by atoms with Crippen molar-refractivity contribution in [3.8, 4) is 0 Å². The molecule has 0 spiro atoms. The normalized spacial score (nSPS) is 14.2. The van der Waals surface area contributed by atoms with Crippen molar-refractivity contribution in [1.29, 1.82) is 0 Å². The number of ether oxygens (including phenoxy) is 1. The van der Waals surface area contributed by atoms with Gasteiger partial charge in [0.1, 0.15) is 12.4 Å². The van der Waals surface area contributed by atoms with Crippen LogP contribution >= 0.6 is 0 Å². The van der Waals surface area contributed by atoms with Gasteiger partial charge in [-0.25, -0.2) is 4.39 Å². The quantitative estimate of drug-likeness (QED) is 0.557. The van der Waals surface area contributed by atoms with Crippen LogP contribution in [0.15, 0.2) is 54.6 Å². The number of benzene rings is 2. The summed E-state index contributed by atoms with van der Waals surface area (Å²) in [7, 11) is 2.03. The van der Waals surface area contributed by atoms with Crippen LogP contribution in [-0.4, -0.2) is 49.7 Å². The minimum atomic E-state index is -0.378. The summed E-state index contributed by atoms with van der Waals surface area (Å²) in [6, 6.07) is 14.9. The molecule has 6 nitrogen and oxygen atoms in total. The van der Waals surface area contributed by atoms with E-state index in [0.29, 0.717) is 18.6 Å². The van der Waals surface area contributed by atoms with Crippen LogP contribution in [0.1, 0.15) is 28.8 Å². The molecule has 1 heterocycles. The molecule has 3 rings (SSSR count). The number of amides is 1. The van der Waals surface area contributed by atoms with Crippen molar-refractivity contribution < 1.29 is 23.5 Å². The Hall–Kier alpha value is -3.06. The van der Waals surface area contributed by atoms with E-state index in [9.17, 15) is 18.8 Å². The zero-order chi connectivity index (χ0) is 21.8. The second-order valence-electron chi connectivity index (χ2n) is 7.12. The molecule has 0 saturated carbocycles. The SMILES string of the molecule is CN1CCC(C(=O)NCC(=O)c2ccc(F)cc2)CC1.O=COCc1ccccc1. The molecule has 0 bridgehead atoms. The maximum absolute atomic E-state index is 12.8. The molecule has 1 fully saturated rings. The number of likely N-dealkylation sites (tertiary alicyclic amines) is 1. The van der Waals surface area contributed by atoms with Crippen LogP contribution in [0.25, 0.3) is 0 Å². The minimum absolute atomic E-state index is 0.00721. The Morgan fingerprint density at radius 2 is 1.73 bits per heavy atom. The highest BCUT2D eigenvalue weighted by Gasteiger charge is 2.23. The van der Waals surface area contributed by atoms with Gasteiger partial charge in [0.15, 0.2) is 5.78 Å². The lowest BCUT2D eigenvalue weighted by Gasteiger charge is -2.27. The fourth-order valence-electron chi connectivity index (χ4n) is 3.02. The van der Waals surface area contributed by atoms with Crippen LogP contribution in [0.4, 0.5) is 4.39 Å². The molecule has 0 aromatic heterocycles. The zero-order valence-electron chi connectivity index (χ0n) is 17.1. The van der Waals surface area contributed by atoms with E-state index in [-0.39, 0.29) is 30.0 Å². The third-order valence-electron chi connectivity index (χ3n) is 4.84. The minimum Gasteiger partial charge on any atom is -0.463 e. The van der Waals surface area contributed by atoms with Gasteiger partial charge in [-0.05, 0) is 62.8 Å². The predicted molar refractivity (Wildman–Crippen MR) is 111 cm³/mol. The lowest BCUT2D eigenvalue weighted by molar-refractivity contribution is -0.130. The van der Waals surface area contributed by atoms with Crippen molar-refractivity contribution in [1.82, 2.24) is 10.2 Å². The Bertz CT molecular complexity index is 804. The second kappa shape index (κ2) is 12.5. The summed E-state index contributed by atoms with van der Waals surface area (Å²) in [4.78, 5) is 35.7. The third-order valence-corrected chi connectivity index (χ3v) is 4.84. The first-order valence-electron chi connectivity index (χ1n) is 9.83. The van der Waals surface area contributed by atoms with Gasteiger partial charge in [-0.15, -0.1) is 0 Å². The molecule has 1 aliphatic rings. The van der Waals surface area contributed by atoms with Gasteiger partial charge in [0.25, 0.3) is 6.47 Å². The number of halogens is 1. The van der Waals surface area contributed by atoms with Gasteiger partial charge in [-0.2, -0.15) is 0 Å². The molecule has 160 valence electrons. The highest BCUT2D eigenvalue weighted by molar-refractivity contribution is 5.99. The number of hydrogen-bond acceptors (Lipinski definition) is 5. The van der Waals surface area contributed by atoms with Gasteiger partial charge < -0.3 is 15.0 Å². The number of nitrogens with one attached hydrogen (secondary N) is 1. The van der Waals surface area contributed by atoms with E-state index < -0.39 is 0 Å². The average Bonchev–Trinajstić information content (AvgIpc) is 2.78. The fourth-order valence-corrected chi connectivity index (χ4v) is 3.02. The summed E-state index contributed by atoms with van der Waals surface area (Å²) in [5.41, 5.74) is 1.42. The zero-order valence-corrected chi connectivity index (χ0v) is 17.1. The Morgan fingerprint density at radius 1 is 1.10 bits per heavy atom. The van der Waals surface area contributed by atoms with Gasteiger partial charge in [-0.1, -0.05) is 30.3 Å².